The lowest BCUT2D eigenvalue weighted by Crippen LogP contribution is -2.24. The second kappa shape index (κ2) is 6.65. The van der Waals surface area contributed by atoms with Crippen LogP contribution in [0, 0.1) is 6.92 Å². The summed E-state index contributed by atoms with van der Waals surface area (Å²) in [4.78, 5) is 11.3. The van der Waals surface area contributed by atoms with E-state index in [9.17, 15) is 20.1 Å². The third kappa shape index (κ3) is 3.76. The van der Waals surface area contributed by atoms with Crippen LogP contribution in [0.3, 0.4) is 0 Å². The number of aliphatic hydroxyl groups excluding tert-OH is 2. The van der Waals surface area contributed by atoms with Gasteiger partial charge in [-0.05, 0) is 57.1 Å². The van der Waals surface area contributed by atoms with Gasteiger partial charge >= 0.3 is 0 Å². The zero-order chi connectivity index (χ0) is 14.6. The number of hydrogen-bond acceptors (Lipinski definition) is 5. The molecule has 4 N–H and O–H groups in total. The molecule has 19 heavy (non-hydrogen) atoms. The molecule has 1 aromatic carbocycles. The number of carbonyl (C=O) groups is 1. The zero-order valence-corrected chi connectivity index (χ0v) is 11.5. The Labute approximate surface area is 112 Å². The van der Waals surface area contributed by atoms with Gasteiger partial charge in [-0.25, -0.2) is 0 Å². The minimum Gasteiger partial charge on any atom is -0.507 e. The number of aryl methyl sites for hydroxylation is 1. The average molecular weight is 267 g/mol. The highest BCUT2D eigenvalue weighted by molar-refractivity contribution is 5.97. The summed E-state index contributed by atoms with van der Waals surface area (Å²) in [7, 11) is 1.76. The molecule has 0 aliphatic rings. The van der Waals surface area contributed by atoms with Crippen molar-refractivity contribution in [2.24, 2.45) is 0 Å². The summed E-state index contributed by atoms with van der Waals surface area (Å²) < 4.78 is 0. The van der Waals surface area contributed by atoms with Crippen molar-refractivity contribution in [2.45, 2.75) is 32.5 Å². The third-order valence-corrected chi connectivity index (χ3v) is 3.14. The van der Waals surface area contributed by atoms with Gasteiger partial charge in [-0.3, -0.25) is 4.79 Å². The minimum atomic E-state index is -1.08. The molecule has 0 heterocycles. The lowest BCUT2D eigenvalue weighted by molar-refractivity contribution is 0.0135. The van der Waals surface area contributed by atoms with Crippen LogP contribution in [0.15, 0.2) is 12.1 Å². The largest absolute Gasteiger partial charge is 0.507 e. The summed E-state index contributed by atoms with van der Waals surface area (Å²) in [5, 5.41) is 32.6. The van der Waals surface area contributed by atoms with Gasteiger partial charge in [0.05, 0.1) is 11.7 Å². The van der Waals surface area contributed by atoms with Gasteiger partial charge in [0.15, 0.2) is 5.78 Å². The Bertz CT molecular complexity index is 459. The summed E-state index contributed by atoms with van der Waals surface area (Å²) >= 11 is 0. The Morgan fingerprint density at radius 1 is 1.37 bits per heavy atom. The molecule has 106 valence electrons. The fraction of sp³-hybridized carbons (Fsp3) is 0.500. The molecule has 0 radical (unpaired) electrons. The topological polar surface area (TPSA) is 89.8 Å². The van der Waals surface area contributed by atoms with Crippen LogP contribution in [0.1, 0.15) is 40.9 Å². The third-order valence-electron chi connectivity index (χ3n) is 3.14. The highest BCUT2D eigenvalue weighted by Crippen LogP contribution is 2.29. The number of benzene rings is 1. The van der Waals surface area contributed by atoms with Crippen molar-refractivity contribution >= 4 is 5.78 Å². The molecular formula is C14H21NO4. The number of aliphatic hydroxyl groups is 2. The first-order chi connectivity index (χ1) is 8.88. The predicted octanol–water partition coefficient (Wildman–Crippen LogP) is 0.907. The van der Waals surface area contributed by atoms with E-state index in [1.807, 2.05) is 0 Å². The van der Waals surface area contributed by atoms with E-state index in [1.165, 1.54) is 19.1 Å². The van der Waals surface area contributed by atoms with E-state index in [1.54, 1.807) is 14.0 Å². The monoisotopic (exact) mass is 267 g/mol. The Balaban J connectivity index is 3.01. The van der Waals surface area contributed by atoms with E-state index < -0.39 is 12.2 Å². The average Bonchev–Trinajstić information content (AvgIpc) is 2.36. The molecule has 5 heteroatoms. The second-order valence-corrected chi connectivity index (χ2v) is 4.69. The molecule has 0 amide bonds. The number of carbonyl (C=O) groups excluding carboxylic acids is 1. The molecule has 1 aromatic rings. The molecule has 0 aliphatic heterocycles. The SMILES string of the molecule is CNCCC(O)C(O)c1cc(O)c(C(C)=O)cc1C. The number of ketones is 1. The van der Waals surface area contributed by atoms with Gasteiger partial charge in [-0.1, -0.05) is 0 Å². The van der Waals surface area contributed by atoms with E-state index in [2.05, 4.69) is 5.32 Å². The molecule has 0 bridgehead atoms. The molecule has 0 fully saturated rings. The zero-order valence-electron chi connectivity index (χ0n) is 11.5. The Morgan fingerprint density at radius 2 is 2.00 bits per heavy atom. The number of rotatable bonds is 6. The lowest BCUT2D eigenvalue weighted by Gasteiger charge is -2.20. The van der Waals surface area contributed by atoms with Crippen molar-refractivity contribution in [3.63, 3.8) is 0 Å². The van der Waals surface area contributed by atoms with Crippen molar-refractivity contribution in [1.82, 2.24) is 5.32 Å². The van der Waals surface area contributed by atoms with Crippen LogP contribution in [0.5, 0.6) is 5.75 Å². The molecular weight excluding hydrogens is 246 g/mol. The second-order valence-electron chi connectivity index (χ2n) is 4.69. The molecule has 2 atom stereocenters. The molecule has 0 saturated carbocycles. The normalized spacial score (nSPS) is 14.2. The first kappa shape index (κ1) is 15.6. The highest BCUT2D eigenvalue weighted by atomic mass is 16.3. The predicted molar refractivity (Wildman–Crippen MR) is 72.4 cm³/mol. The molecule has 0 aliphatic carbocycles. The number of nitrogens with one attached hydrogen (secondary N) is 1. The molecule has 0 saturated heterocycles. The van der Waals surface area contributed by atoms with Crippen molar-refractivity contribution in [2.75, 3.05) is 13.6 Å². The van der Waals surface area contributed by atoms with Gasteiger partial charge in [0.25, 0.3) is 0 Å². The van der Waals surface area contributed by atoms with Gasteiger partial charge in [-0.2, -0.15) is 0 Å². The number of phenols is 1. The van der Waals surface area contributed by atoms with E-state index >= 15 is 0 Å². The number of hydrogen-bond donors (Lipinski definition) is 4. The van der Waals surface area contributed by atoms with Crippen LogP contribution in [-0.4, -0.2) is 40.8 Å². The Hall–Kier alpha value is -1.43. The highest BCUT2D eigenvalue weighted by Gasteiger charge is 2.21. The van der Waals surface area contributed by atoms with Gasteiger partial charge in [0, 0.05) is 0 Å². The van der Waals surface area contributed by atoms with Crippen molar-refractivity contribution in [3.8, 4) is 5.75 Å². The van der Waals surface area contributed by atoms with Gasteiger partial charge < -0.3 is 20.6 Å². The lowest BCUT2D eigenvalue weighted by atomic mass is 9.94. The molecule has 1 rings (SSSR count). The van der Waals surface area contributed by atoms with E-state index in [4.69, 9.17) is 0 Å². The summed E-state index contributed by atoms with van der Waals surface area (Å²) in [6, 6.07) is 2.88. The molecule has 5 nitrogen and oxygen atoms in total. The summed E-state index contributed by atoms with van der Waals surface area (Å²) in [5.74, 6) is -0.412. The minimum absolute atomic E-state index is 0.173. The van der Waals surface area contributed by atoms with Crippen LogP contribution in [0.2, 0.25) is 0 Å². The van der Waals surface area contributed by atoms with Gasteiger partial charge in [-0.15, -0.1) is 0 Å². The molecule has 2 unspecified atom stereocenters. The summed E-state index contributed by atoms with van der Waals surface area (Å²) in [6.07, 6.45) is -1.61. The van der Waals surface area contributed by atoms with Crippen LogP contribution in [0.4, 0.5) is 0 Å². The van der Waals surface area contributed by atoms with Crippen molar-refractivity contribution in [3.05, 3.63) is 28.8 Å². The Kier molecular flexibility index (Phi) is 5.47. The fourth-order valence-electron chi connectivity index (χ4n) is 1.97. The van der Waals surface area contributed by atoms with Gasteiger partial charge in [0.1, 0.15) is 11.9 Å². The fourth-order valence-corrected chi connectivity index (χ4v) is 1.97. The maximum atomic E-state index is 11.3. The number of aromatic hydroxyl groups is 1. The maximum absolute atomic E-state index is 11.3. The van der Waals surface area contributed by atoms with Crippen molar-refractivity contribution in [1.29, 1.82) is 0 Å². The van der Waals surface area contributed by atoms with Crippen LogP contribution < -0.4 is 5.32 Å². The van der Waals surface area contributed by atoms with Gasteiger partial charge in [0.2, 0.25) is 0 Å². The number of Topliss-reactive ketones (excluding diaryl/α,β-unsaturated/α-hetero) is 1. The molecule has 0 aromatic heterocycles. The van der Waals surface area contributed by atoms with Crippen LogP contribution in [-0.2, 0) is 0 Å². The first-order valence-corrected chi connectivity index (χ1v) is 6.23. The van der Waals surface area contributed by atoms with E-state index in [-0.39, 0.29) is 17.1 Å². The molecule has 0 spiro atoms. The van der Waals surface area contributed by atoms with E-state index in [0.717, 1.165) is 0 Å². The quantitative estimate of drug-likeness (QED) is 0.575. The van der Waals surface area contributed by atoms with E-state index in [0.29, 0.717) is 24.1 Å². The number of phenolic OH excluding ortho intramolecular Hbond substituents is 1. The van der Waals surface area contributed by atoms with Crippen molar-refractivity contribution < 1.29 is 20.1 Å². The Morgan fingerprint density at radius 3 is 2.53 bits per heavy atom. The van der Waals surface area contributed by atoms with Crippen LogP contribution in [0.25, 0.3) is 0 Å². The maximum Gasteiger partial charge on any atom is 0.163 e. The smallest absolute Gasteiger partial charge is 0.163 e. The first-order valence-electron chi connectivity index (χ1n) is 6.23. The summed E-state index contributed by atoms with van der Waals surface area (Å²) in [5.41, 5.74) is 1.32. The summed E-state index contributed by atoms with van der Waals surface area (Å²) in [6.45, 7) is 3.68. The standard InChI is InChI=1S/C14H21NO4/c1-8-6-11(9(2)16)13(18)7-10(8)14(19)12(17)4-5-15-3/h6-7,12,14-15,17-19H,4-5H2,1-3H3. The van der Waals surface area contributed by atoms with Crippen LogP contribution >= 0.6 is 0 Å².